The monoisotopic (exact) mass is 354 g/mol. The summed E-state index contributed by atoms with van der Waals surface area (Å²) in [5.74, 6) is 0. The summed E-state index contributed by atoms with van der Waals surface area (Å²) >= 11 is 0. The van der Waals surface area contributed by atoms with E-state index in [0.29, 0.717) is 12.8 Å². The summed E-state index contributed by atoms with van der Waals surface area (Å²) in [6.45, 7) is 23.1. The van der Waals surface area contributed by atoms with Gasteiger partial charge in [-0.05, 0) is 11.6 Å². The van der Waals surface area contributed by atoms with Crippen molar-refractivity contribution in [3.63, 3.8) is 0 Å². The van der Waals surface area contributed by atoms with Gasteiger partial charge in [-0.15, -0.1) is 19.7 Å². The third-order valence-corrected chi connectivity index (χ3v) is 17.6. The molecular weight excluding hydrogens is 324 g/mol. The first-order valence-electron chi connectivity index (χ1n) is 7.55. The van der Waals surface area contributed by atoms with Gasteiger partial charge in [-0.1, -0.05) is 49.7 Å². The molecule has 0 spiro atoms. The quantitative estimate of drug-likeness (QED) is 0.430. The van der Waals surface area contributed by atoms with Gasteiger partial charge < -0.3 is 9.47 Å². The Hall–Kier alpha value is -0.859. The molecule has 3 nitrogen and oxygen atoms in total. The van der Waals surface area contributed by atoms with Crippen LogP contribution in [0.1, 0.15) is 20.8 Å². The molecule has 22 heavy (non-hydrogen) atoms. The van der Waals surface area contributed by atoms with Gasteiger partial charge in [-0.3, -0.25) is 0 Å². The second-order valence-corrected chi connectivity index (χ2v) is 18.8. The van der Waals surface area contributed by atoms with E-state index in [2.05, 4.69) is 46.7 Å². The van der Waals surface area contributed by atoms with Crippen molar-refractivity contribution >= 4 is 31.8 Å². The number of carbonyl (C=O) groups excluding carboxylic acids is 1. The van der Waals surface area contributed by atoms with Gasteiger partial charge in [0.15, 0.2) is 0 Å². The molecule has 0 amide bonds. The van der Waals surface area contributed by atoms with Crippen LogP contribution in [0.2, 0.25) is 23.4 Å². The van der Waals surface area contributed by atoms with Crippen LogP contribution < -0.4 is 0 Å². The van der Waals surface area contributed by atoms with Gasteiger partial charge in [0.2, 0.25) is 0 Å². The summed E-state index contributed by atoms with van der Waals surface area (Å²) in [7, 11) is -2.76. The average Bonchev–Trinajstić information content (AvgIpc) is 2.47. The SMILES string of the molecule is C=C[Si](C=C)(C=C)C[Si]C(C)(C)[Si](C)(C)COC(=O)OCC. The second-order valence-electron chi connectivity index (χ2n) is 6.56. The molecule has 0 aliphatic carbocycles. The summed E-state index contributed by atoms with van der Waals surface area (Å²) < 4.78 is 10.3. The van der Waals surface area contributed by atoms with Crippen LogP contribution in [0.15, 0.2) is 36.8 Å². The molecule has 0 bridgehead atoms. The van der Waals surface area contributed by atoms with E-state index < -0.39 is 22.3 Å². The van der Waals surface area contributed by atoms with Crippen molar-refractivity contribution in [3.8, 4) is 0 Å². The molecule has 0 saturated carbocycles. The van der Waals surface area contributed by atoms with E-state index in [4.69, 9.17) is 9.47 Å². The standard InChI is InChI=1S/C16H30O3Si3/c1-9-18-15(17)19-13-21(7,8)16(5,6)20-14-22(10-2,11-3)12-4/h10-12H,2-4,9,13-14H2,1,5-8H3. The van der Waals surface area contributed by atoms with Crippen molar-refractivity contribution in [1.29, 1.82) is 0 Å². The number of rotatable bonds is 10. The molecule has 0 aliphatic rings. The van der Waals surface area contributed by atoms with Crippen LogP contribution >= 0.6 is 0 Å². The molecule has 0 aromatic carbocycles. The van der Waals surface area contributed by atoms with Crippen LogP contribution in [-0.2, 0) is 9.47 Å². The van der Waals surface area contributed by atoms with Crippen molar-refractivity contribution in [1.82, 2.24) is 0 Å². The van der Waals surface area contributed by atoms with Crippen molar-refractivity contribution < 1.29 is 14.3 Å². The van der Waals surface area contributed by atoms with Crippen LogP contribution in [0.3, 0.4) is 0 Å². The van der Waals surface area contributed by atoms with Crippen LogP contribution in [0.25, 0.3) is 0 Å². The van der Waals surface area contributed by atoms with Crippen LogP contribution in [-0.4, -0.2) is 44.7 Å². The van der Waals surface area contributed by atoms with Crippen molar-refractivity contribution in [3.05, 3.63) is 36.8 Å². The topological polar surface area (TPSA) is 35.5 Å². The Balaban J connectivity index is 4.82. The number of hydrogen-bond donors (Lipinski definition) is 0. The first-order valence-corrected chi connectivity index (χ1v) is 14.4. The molecule has 0 aromatic heterocycles. The Morgan fingerprint density at radius 3 is 2.05 bits per heavy atom. The number of hydrogen-bond acceptors (Lipinski definition) is 3. The maximum atomic E-state index is 11.4. The van der Waals surface area contributed by atoms with Crippen molar-refractivity contribution in [2.75, 3.05) is 12.8 Å². The van der Waals surface area contributed by atoms with Gasteiger partial charge in [-0.2, -0.15) is 0 Å². The van der Waals surface area contributed by atoms with Gasteiger partial charge in [0.05, 0.1) is 20.9 Å². The summed E-state index contributed by atoms with van der Waals surface area (Å²) in [5.41, 5.74) is 7.20. The molecule has 0 aliphatic heterocycles. The molecular formula is C16H30O3Si3. The lowest BCUT2D eigenvalue weighted by Crippen LogP contribution is -2.49. The van der Waals surface area contributed by atoms with Gasteiger partial charge in [0.25, 0.3) is 0 Å². The maximum absolute atomic E-state index is 11.4. The van der Waals surface area contributed by atoms with Crippen molar-refractivity contribution in [2.45, 2.75) is 44.2 Å². The van der Waals surface area contributed by atoms with E-state index >= 15 is 0 Å². The van der Waals surface area contributed by atoms with Crippen LogP contribution in [0.4, 0.5) is 4.79 Å². The van der Waals surface area contributed by atoms with Crippen LogP contribution in [0, 0.1) is 0 Å². The predicted octanol–water partition coefficient (Wildman–Crippen LogP) is 4.43. The van der Waals surface area contributed by atoms with Gasteiger partial charge in [0, 0.05) is 9.52 Å². The third-order valence-electron chi connectivity index (χ3n) is 4.48. The van der Waals surface area contributed by atoms with Gasteiger partial charge in [-0.25, -0.2) is 4.79 Å². The number of carbonyl (C=O) groups is 1. The molecule has 0 atom stereocenters. The second kappa shape index (κ2) is 8.69. The largest absolute Gasteiger partial charge is 0.507 e. The zero-order valence-corrected chi connectivity index (χ0v) is 17.7. The summed E-state index contributed by atoms with van der Waals surface area (Å²) in [6, 6.07) is 0. The summed E-state index contributed by atoms with van der Waals surface area (Å²) in [4.78, 5) is 11.4. The molecule has 0 saturated heterocycles. The predicted molar refractivity (Wildman–Crippen MR) is 101 cm³/mol. The maximum Gasteiger partial charge on any atom is 0.507 e. The fraction of sp³-hybridized carbons (Fsp3) is 0.562. The van der Waals surface area contributed by atoms with E-state index in [9.17, 15) is 4.79 Å². The minimum Gasteiger partial charge on any atom is -0.438 e. The Morgan fingerprint density at radius 2 is 1.64 bits per heavy atom. The molecule has 0 rings (SSSR count). The fourth-order valence-corrected chi connectivity index (χ4v) is 10.6. The van der Waals surface area contributed by atoms with E-state index in [0.717, 1.165) is 15.2 Å². The van der Waals surface area contributed by atoms with E-state index in [1.54, 1.807) is 6.92 Å². The van der Waals surface area contributed by atoms with Crippen molar-refractivity contribution in [2.24, 2.45) is 0 Å². The fourth-order valence-electron chi connectivity index (χ4n) is 1.66. The smallest absolute Gasteiger partial charge is 0.438 e. The molecule has 2 radical (unpaired) electrons. The normalized spacial score (nSPS) is 12.4. The Morgan fingerprint density at radius 1 is 1.14 bits per heavy atom. The van der Waals surface area contributed by atoms with Gasteiger partial charge >= 0.3 is 6.16 Å². The molecule has 124 valence electrons. The molecule has 0 unspecified atom stereocenters. The van der Waals surface area contributed by atoms with E-state index in [1.807, 2.05) is 17.1 Å². The third kappa shape index (κ3) is 5.74. The lowest BCUT2D eigenvalue weighted by atomic mass is 10.5. The lowest BCUT2D eigenvalue weighted by molar-refractivity contribution is 0.0699. The minimum absolute atomic E-state index is 0.159. The highest BCUT2D eigenvalue weighted by atomic mass is 28.4. The molecule has 6 heteroatoms. The molecule has 0 fully saturated rings. The molecule has 0 aromatic rings. The summed E-state index contributed by atoms with van der Waals surface area (Å²) in [6.07, 6.45) is -0.0781. The van der Waals surface area contributed by atoms with E-state index in [-0.39, 0.29) is 4.66 Å². The average molecular weight is 355 g/mol. The highest BCUT2D eigenvalue weighted by Crippen LogP contribution is 2.38. The van der Waals surface area contributed by atoms with Crippen LogP contribution in [0.5, 0.6) is 0 Å². The highest BCUT2D eigenvalue weighted by molar-refractivity contribution is 7.00. The summed E-state index contributed by atoms with van der Waals surface area (Å²) in [5, 5.41) is 0. The lowest BCUT2D eigenvalue weighted by Gasteiger charge is -2.40. The molecule has 0 heterocycles. The van der Waals surface area contributed by atoms with E-state index in [1.165, 1.54) is 0 Å². The molecule has 0 N–H and O–H groups in total. The minimum atomic E-state index is -1.77. The van der Waals surface area contributed by atoms with Gasteiger partial charge in [0.1, 0.15) is 8.07 Å². The highest BCUT2D eigenvalue weighted by Gasteiger charge is 2.42. The Labute approximate surface area is 140 Å². The Bertz CT molecular complexity index is 395. The zero-order valence-electron chi connectivity index (χ0n) is 14.7. The first kappa shape index (κ1) is 21.1. The zero-order chi connectivity index (χ0) is 17.4. The Kier molecular flexibility index (Phi) is 8.35. The first-order chi connectivity index (χ1) is 10.1. The number of ether oxygens (including phenoxy) is 2.